The molecule has 0 aliphatic rings. The second-order valence-corrected chi connectivity index (χ2v) is 4.18. The van der Waals surface area contributed by atoms with Crippen LogP contribution >= 0.6 is 11.6 Å². The summed E-state index contributed by atoms with van der Waals surface area (Å²) in [7, 11) is 0. The van der Waals surface area contributed by atoms with E-state index < -0.39 is 5.97 Å². The van der Waals surface area contributed by atoms with Crippen LogP contribution in [0, 0.1) is 0 Å². The molecule has 0 atom stereocenters. The van der Waals surface area contributed by atoms with Gasteiger partial charge >= 0.3 is 5.97 Å². The van der Waals surface area contributed by atoms with Gasteiger partial charge in [-0.05, 0) is 12.1 Å². The number of nitrogens with one attached hydrogen (secondary N) is 1. The molecule has 2 N–H and O–H groups in total. The second kappa shape index (κ2) is 3.89. The van der Waals surface area contributed by atoms with Gasteiger partial charge in [0.1, 0.15) is 0 Å². The normalized spacial score (nSPS) is 10.9. The zero-order valence-electron chi connectivity index (χ0n) is 8.98. The fourth-order valence-electron chi connectivity index (χ4n) is 1.75. The Labute approximate surface area is 106 Å². The Bertz CT molecular complexity index is 745. The lowest BCUT2D eigenvalue weighted by Gasteiger charge is -1.91. The lowest BCUT2D eigenvalue weighted by atomic mass is 10.2. The summed E-state index contributed by atoms with van der Waals surface area (Å²) in [6.45, 7) is 0. The van der Waals surface area contributed by atoms with Gasteiger partial charge in [0.2, 0.25) is 0 Å². The Morgan fingerprint density at radius 3 is 2.89 bits per heavy atom. The van der Waals surface area contributed by atoms with E-state index in [1.807, 2.05) is 18.2 Å². The van der Waals surface area contributed by atoms with E-state index in [4.69, 9.17) is 21.2 Å². The first-order chi connectivity index (χ1) is 8.65. The largest absolute Gasteiger partial charge is 0.476 e. The van der Waals surface area contributed by atoms with Gasteiger partial charge in [-0.15, -0.1) is 0 Å². The maximum Gasteiger partial charge on any atom is 0.358 e. The molecule has 0 saturated heterocycles. The average molecular weight is 263 g/mol. The van der Waals surface area contributed by atoms with E-state index in [1.54, 1.807) is 6.07 Å². The van der Waals surface area contributed by atoms with E-state index in [-0.39, 0.29) is 5.69 Å². The highest BCUT2D eigenvalue weighted by Gasteiger charge is 2.14. The number of carboxylic acid groups (broad SMARTS) is 1. The van der Waals surface area contributed by atoms with Crippen LogP contribution < -0.4 is 0 Å². The summed E-state index contributed by atoms with van der Waals surface area (Å²) >= 11 is 6.04. The van der Waals surface area contributed by atoms with E-state index in [0.717, 1.165) is 10.9 Å². The van der Waals surface area contributed by atoms with Crippen LogP contribution in [0.25, 0.3) is 22.4 Å². The van der Waals surface area contributed by atoms with Crippen LogP contribution in [0.5, 0.6) is 0 Å². The van der Waals surface area contributed by atoms with Crippen molar-refractivity contribution >= 4 is 28.5 Å². The molecule has 0 fully saturated rings. The molecule has 3 rings (SSSR count). The molecule has 18 heavy (non-hydrogen) atoms. The molecule has 0 spiro atoms. The van der Waals surface area contributed by atoms with Crippen molar-refractivity contribution in [2.45, 2.75) is 0 Å². The first-order valence-electron chi connectivity index (χ1n) is 5.13. The van der Waals surface area contributed by atoms with Crippen LogP contribution in [0.15, 0.2) is 34.9 Å². The topological polar surface area (TPSA) is 79.1 Å². The summed E-state index contributed by atoms with van der Waals surface area (Å²) in [5, 5.41) is 13.7. The van der Waals surface area contributed by atoms with E-state index in [9.17, 15) is 4.79 Å². The van der Waals surface area contributed by atoms with Gasteiger partial charge in [0.05, 0.1) is 16.2 Å². The maximum atomic E-state index is 10.7. The fraction of sp³-hybridized carbons (Fsp3) is 0. The highest BCUT2D eigenvalue weighted by Crippen LogP contribution is 2.28. The minimum atomic E-state index is -1.13. The molecular formula is C12H7ClN2O3. The number of halogens is 1. The number of benzene rings is 1. The monoisotopic (exact) mass is 262 g/mol. The Kier molecular flexibility index (Phi) is 2.34. The van der Waals surface area contributed by atoms with Crippen molar-refractivity contribution in [3.63, 3.8) is 0 Å². The van der Waals surface area contributed by atoms with E-state index in [1.165, 1.54) is 6.07 Å². The zero-order valence-corrected chi connectivity index (χ0v) is 9.73. The van der Waals surface area contributed by atoms with Crippen LogP contribution in [0.4, 0.5) is 0 Å². The van der Waals surface area contributed by atoms with Crippen molar-refractivity contribution in [1.29, 1.82) is 0 Å². The van der Waals surface area contributed by atoms with Crippen molar-refractivity contribution in [2.24, 2.45) is 0 Å². The Morgan fingerprint density at radius 1 is 1.39 bits per heavy atom. The van der Waals surface area contributed by atoms with Crippen LogP contribution in [0.2, 0.25) is 5.02 Å². The highest BCUT2D eigenvalue weighted by molar-refractivity contribution is 6.35. The quantitative estimate of drug-likeness (QED) is 0.743. The molecule has 1 aromatic carbocycles. The molecule has 0 aliphatic carbocycles. The minimum absolute atomic E-state index is 0.130. The predicted octanol–water partition coefficient (Wildman–Crippen LogP) is 3.17. The average Bonchev–Trinajstić information content (AvgIpc) is 2.95. The Balaban J connectivity index is 2.13. The third-order valence-electron chi connectivity index (χ3n) is 2.60. The van der Waals surface area contributed by atoms with Crippen LogP contribution in [-0.4, -0.2) is 21.2 Å². The lowest BCUT2D eigenvalue weighted by Crippen LogP contribution is -1.94. The maximum absolute atomic E-state index is 10.7. The van der Waals surface area contributed by atoms with Crippen molar-refractivity contribution in [2.75, 3.05) is 0 Å². The third kappa shape index (κ3) is 1.65. The molecule has 90 valence electrons. The first-order valence-corrected chi connectivity index (χ1v) is 5.50. The van der Waals surface area contributed by atoms with Crippen molar-refractivity contribution in [3.05, 3.63) is 41.0 Å². The highest BCUT2D eigenvalue weighted by atomic mass is 35.5. The van der Waals surface area contributed by atoms with Gasteiger partial charge in [-0.1, -0.05) is 28.9 Å². The van der Waals surface area contributed by atoms with Crippen molar-refractivity contribution in [1.82, 2.24) is 10.1 Å². The number of hydrogen-bond donors (Lipinski definition) is 2. The molecule has 0 radical (unpaired) electrons. The number of H-pyrrole nitrogens is 1. The van der Waals surface area contributed by atoms with E-state index in [2.05, 4.69) is 10.1 Å². The molecule has 0 amide bonds. The lowest BCUT2D eigenvalue weighted by molar-refractivity contribution is 0.0686. The van der Waals surface area contributed by atoms with Gasteiger partial charge in [0.15, 0.2) is 11.5 Å². The smallest absolute Gasteiger partial charge is 0.358 e. The number of nitrogens with zero attached hydrogens (tertiary/aromatic N) is 1. The molecule has 2 heterocycles. The number of carbonyl (C=O) groups is 1. The molecule has 5 nitrogen and oxygen atoms in total. The predicted molar refractivity (Wildman–Crippen MR) is 65.8 cm³/mol. The standard InChI is InChI=1S/C12H7ClN2O3/c13-7-3-1-2-6-4-8(14-11(6)7)10-5-9(12(16)17)15-18-10/h1-5,14H,(H,16,17). The van der Waals surface area contributed by atoms with Crippen molar-refractivity contribution in [3.8, 4) is 11.5 Å². The fourth-order valence-corrected chi connectivity index (χ4v) is 1.98. The molecule has 0 saturated carbocycles. The van der Waals surface area contributed by atoms with Gasteiger partial charge in [0.25, 0.3) is 0 Å². The number of fused-ring (bicyclic) bond motifs is 1. The summed E-state index contributed by atoms with van der Waals surface area (Å²) in [6.07, 6.45) is 0. The first kappa shape index (κ1) is 10.9. The SMILES string of the molecule is O=C(O)c1cc(-c2cc3cccc(Cl)c3[nH]2)on1. The zero-order chi connectivity index (χ0) is 12.7. The van der Waals surface area contributed by atoms with Gasteiger partial charge in [-0.3, -0.25) is 0 Å². The van der Waals surface area contributed by atoms with E-state index in [0.29, 0.717) is 16.5 Å². The van der Waals surface area contributed by atoms with Crippen LogP contribution in [0.3, 0.4) is 0 Å². The summed E-state index contributed by atoms with van der Waals surface area (Å²) in [5.74, 6) is -0.765. The Morgan fingerprint density at radius 2 is 2.22 bits per heavy atom. The molecular weight excluding hydrogens is 256 g/mol. The van der Waals surface area contributed by atoms with Gasteiger partial charge in [-0.25, -0.2) is 4.79 Å². The summed E-state index contributed by atoms with van der Waals surface area (Å²) in [4.78, 5) is 13.8. The molecule has 3 aromatic rings. The summed E-state index contributed by atoms with van der Waals surface area (Å²) < 4.78 is 4.98. The van der Waals surface area contributed by atoms with Gasteiger partial charge in [-0.2, -0.15) is 0 Å². The van der Waals surface area contributed by atoms with Crippen LogP contribution in [-0.2, 0) is 0 Å². The number of hydrogen-bond acceptors (Lipinski definition) is 3. The van der Waals surface area contributed by atoms with Gasteiger partial charge in [0, 0.05) is 11.5 Å². The number of aromatic carboxylic acids is 1. The Hall–Kier alpha value is -2.27. The number of carboxylic acids is 1. The number of para-hydroxylation sites is 1. The van der Waals surface area contributed by atoms with E-state index >= 15 is 0 Å². The molecule has 6 heteroatoms. The summed E-state index contributed by atoms with van der Waals surface area (Å²) in [5.41, 5.74) is 1.29. The van der Waals surface area contributed by atoms with Gasteiger partial charge < -0.3 is 14.6 Å². The second-order valence-electron chi connectivity index (χ2n) is 3.77. The molecule has 2 aromatic heterocycles. The molecule has 0 unspecified atom stereocenters. The minimum Gasteiger partial charge on any atom is -0.476 e. The summed E-state index contributed by atoms with van der Waals surface area (Å²) in [6, 6.07) is 8.70. The molecule has 0 bridgehead atoms. The number of rotatable bonds is 2. The number of aromatic nitrogens is 2. The molecule has 0 aliphatic heterocycles. The van der Waals surface area contributed by atoms with Crippen LogP contribution in [0.1, 0.15) is 10.5 Å². The third-order valence-corrected chi connectivity index (χ3v) is 2.92. The number of aromatic amines is 1. The van der Waals surface area contributed by atoms with Crippen molar-refractivity contribution < 1.29 is 14.4 Å².